The molecular weight excluding hydrogens is 459 g/mol. The van der Waals surface area contributed by atoms with Gasteiger partial charge in [0.25, 0.3) is 0 Å². The topological polar surface area (TPSA) is 29.5 Å². The van der Waals surface area contributed by atoms with Gasteiger partial charge in [-0.25, -0.2) is 4.39 Å². The molecule has 0 aromatic heterocycles. The van der Waals surface area contributed by atoms with Crippen molar-refractivity contribution in [2.45, 2.75) is 13.2 Å². The van der Waals surface area contributed by atoms with Crippen molar-refractivity contribution in [2.75, 3.05) is 0 Å². The van der Waals surface area contributed by atoms with E-state index in [4.69, 9.17) is 9.84 Å². The summed E-state index contributed by atoms with van der Waals surface area (Å²) in [4.78, 5) is 0. The van der Waals surface area contributed by atoms with E-state index < -0.39 is 0 Å². The number of ether oxygens (including phenoxy) is 1. The summed E-state index contributed by atoms with van der Waals surface area (Å²) >= 11 is 9.95. The molecule has 2 aromatic rings. The van der Waals surface area contributed by atoms with Gasteiger partial charge in [0.1, 0.15) is 18.2 Å². The van der Waals surface area contributed by atoms with Crippen molar-refractivity contribution in [2.24, 2.45) is 0 Å². The van der Waals surface area contributed by atoms with Crippen LogP contribution in [0.3, 0.4) is 0 Å². The minimum atomic E-state index is -0.302. The first-order valence-corrected chi connectivity index (χ1v) is 8.04. The van der Waals surface area contributed by atoms with Crippen molar-refractivity contribution >= 4 is 47.8 Å². The molecular formula is C14H10Br3FO2. The van der Waals surface area contributed by atoms with Gasteiger partial charge in [0.05, 0.1) is 20.0 Å². The Morgan fingerprint density at radius 1 is 0.950 bits per heavy atom. The SMILES string of the molecule is OCc1cc(Br)c(OCc2ccc(F)c(Br)c2)c(Br)c1. The molecule has 0 aliphatic carbocycles. The molecule has 0 radical (unpaired) electrons. The number of hydrogen-bond donors (Lipinski definition) is 1. The molecule has 20 heavy (non-hydrogen) atoms. The summed E-state index contributed by atoms with van der Waals surface area (Å²) in [5, 5.41) is 9.12. The standard InChI is InChI=1S/C14H10Br3FO2/c15-10-3-8(1-2-13(10)18)7-20-14-11(16)4-9(6-19)5-12(14)17/h1-5,19H,6-7H2. The maximum atomic E-state index is 13.1. The third-order valence-electron chi connectivity index (χ3n) is 2.61. The van der Waals surface area contributed by atoms with Crippen LogP contribution in [0, 0.1) is 5.82 Å². The van der Waals surface area contributed by atoms with Crippen LogP contribution in [-0.2, 0) is 13.2 Å². The molecule has 0 bridgehead atoms. The van der Waals surface area contributed by atoms with E-state index in [0.29, 0.717) is 16.8 Å². The number of aliphatic hydroxyl groups is 1. The van der Waals surface area contributed by atoms with Gasteiger partial charge in [-0.15, -0.1) is 0 Å². The molecule has 0 unspecified atom stereocenters. The van der Waals surface area contributed by atoms with E-state index in [2.05, 4.69) is 47.8 Å². The van der Waals surface area contributed by atoms with Gasteiger partial charge >= 0.3 is 0 Å². The zero-order valence-corrected chi connectivity index (χ0v) is 14.9. The maximum Gasteiger partial charge on any atom is 0.148 e. The average molecular weight is 469 g/mol. The van der Waals surface area contributed by atoms with Gasteiger partial charge in [-0.05, 0) is 83.2 Å². The lowest BCUT2D eigenvalue weighted by atomic mass is 10.2. The van der Waals surface area contributed by atoms with Gasteiger partial charge in [-0.2, -0.15) is 0 Å². The summed E-state index contributed by atoms with van der Waals surface area (Å²) in [6, 6.07) is 8.33. The zero-order chi connectivity index (χ0) is 14.7. The van der Waals surface area contributed by atoms with Gasteiger partial charge in [0, 0.05) is 0 Å². The largest absolute Gasteiger partial charge is 0.487 e. The van der Waals surface area contributed by atoms with Crippen LogP contribution in [0.25, 0.3) is 0 Å². The quantitative estimate of drug-likeness (QED) is 0.669. The predicted molar refractivity (Wildman–Crippen MR) is 86.2 cm³/mol. The number of aliphatic hydroxyl groups excluding tert-OH is 1. The molecule has 6 heteroatoms. The van der Waals surface area contributed by atoms with Gasteiger partial charge in [-0.1, -0.05) is 6.07 Å². The van der Waals surface area contributed by atoms with E-state index in [1.807, 2.05) is 0 Å². The van der Waals surface area contributed by atoms with E-state index in [1.54, 1.807) is 24.3 Å². The van der Waals surface area contributed by atoms with Crippen LogP contribution in [0.2, 0.25) is 0 Å². The molecule has 0 amide bonds. The second kappa shape index (κ2) is 7.02. The molecule has 0 aliphatic heterocycles. The first-order valence-electron chi connectivity index (χ1n) is 5.66. The highest BCUT2D eigenvalue weighted by Gasteiger charge is 2.09. The van der Waals surface area contributed by atoms with Crippen molar-refractivity contribution in [3.63, 3.8) is 0 Å². The third-order valence-corrected chi connectivity index (χ3v) is 4.39. The number of hydrogen-bond acceptors (Lipinski definition) is 2. The lowest BCUT2D eigenvalue weighted by Crippen LogP contribution is -1.98. The average Bonchev–Trinajstić information content (AvgIpc) is 2.41. The molecule has 2 aromatic carbocycles. The number of benzene rings is 2. The Balaban J connectivity index is 2.16. The van der Waals surface area contributed by atoms with Crippen LogP contribution < -0.4 is 4.74 Å². The Morgan fingerprint density at radius 2 is 1.55 bits per heavy atom. The summed E-state index contributed by atoms with van der Waals surface area (Å²) < 4.78 is 20.8. The minimum absolute atomic E-state index is 0.0393. The Labute approximate surface area is 141 Å². The third kappa shape index (κ3) is 3.81. The first-order chi connectivity index (χ1) is 9.51. The molecule has 2 nitrogen and oxygen atoms in total. The summed E-state index contributed by atoms with van der Waals surface area (Å²) in [6.45, 7) is 0.275. The molecule has 0 aliphatic rings. The fourth-order valence-corrected chi connectivity index (χ4v) is 3.56. The Kier molecular flexibility index (Phi) is 5.60. The van der Waals surface area contributed by atoms with Crippen molar-refractivity contribution in [3.8, 4) is 5.75 Å². The maximum absolute atomic E-state index is 13.1. The molecule has 0 saturated carbocycles. The first kappa shape index (κ1) is 15.9. The van der Waals surface area contributed by atoms with Crippen molar-refractivity contribution in [1.29, 1.82) is 0 Å². The van der Waals surface area contributed by atoms with E-state index in [-0.39, 0.29) is 12.4 Å². The normalized spacial score (nSPS) is 10.7. The highest BCUT2D eigenvalue weighted by molar-refractivity contribution is 9.11. The fourth-order valence-electron chi connectivity index (χ4n) is 1.63. The summed E-state index contributed by atoms with van der Waals surface area (Å²) in [6.07, 6.45) is 0. The molecule has 0 heterocycles. The van der Waals surface area contributed by atoms with Crippen LogP contribution >= 0.6 is 47.8 Å². The molecule has 0 fully saturated rings. The Bertz CT molecular complexity index is 609. The number of halogens is 4. The second-order valence-corrected chi connectivity index (χ2v) is 6.65. The van der Waals surface area contributed by atoms with Crippen molar-refractivity contribution in [1.82, 2.24) is 0 Å². The van der Waals surface area contributed by atoms with Crippen LogP contribution in [0.1, 0.15) is 11.1 Å². The minimum Gasteiger partial charge on any atom is -0.487 e. The Morgan fingerprint density at radius 3 is 2.10 bits per heavy atom. The fraction of sp³-hybridized carbons (Fsp3) is 0.143. The summed E-state index contributed by atoms with van der Waals surface area (Å²) in [5.74, 6) is 0.339. The molecule has 0 atom stereocenters. The highest BCUT2D eigenvalue weighted by Crippen LogP contribution is 2.35. The second-order valence-electron chi connectivity index (χ2n) is 4.08. The predicted octanol–water partition coefficient (Wildman–Crippen LogP) is 5.18. The van der Waals surface area contributed by atoms with Gasteiger partial charge in [0.2, 0.25) is 0 Å². The van der Waals surface area contributed by atoms with Gasteiger partial charge < -0.3 is 9.84 Å². The van der Waals surface area contributed by atoms with Gasteiger partial charge in [-0.3, -0.25) is 0 Å². The lowest BCUT2D eigenvalue weighted by Gasteiger charge is -2.12. The molecule has 0 spiro atoms. The van der Waals surface area contributed by atoms with E-state index >= 15 is 0 Å². The van der Waals surface area contributed by atoms with Crippen LogP contribution in [0.15, 0.2) is 43.7 Å². The molecule has 0 saturated heterocycles. The van der Waals surface area contributed by atoms with E-state index in [1.165, 1.54) is 6.07 Å². The molecule has 2 rings (SSSR count). The summed E-state index contributed by atoms with van der Waals surface area (Å²) in [5.41, 5.74) is 1.63. The van der Waals surface area contributed by atoms with Gasteiger partial charge in [0.15, 0.2) is 0 Å². The zero-order valence-electron chi connectivity index (χ0n) is 10.2. The molecule has 1 N–H and O–H groups in total. The van der Waals surface area contributed by atoms with E-state index in [9.17, 15) is 4.39 Å². The van der Waals surface area contributed by atoms with E-state index in [0.717, 1.165) is 20.1 Å². The monoisotopic (exact) mass is 466 g/mol. The van der Waals surface area contributed by atoms with Crippen molar-refractivity contribution in [3.05, 3.63) is 60.7 Å². The van der Waals surface area contributed by atoms with Crippen LogP contribution in [0.5, 0.6) is 5.75 Å². The number of rotatable bonds is 4. The lowest BCUT2D eigenvalue weighted by molar-refractivity contribution is 0.280. The van der Waals surface area contributed by atoms with Crippen molar-refractivity contribution < 1.29 is 14.2 Å². The Hall–Kier alpha value is -0.430. The molecule has 106 valence electrons. The van der Waals surface area contributed by atoms with Crippen LogP contribution in [0.4, 0.5) is 4.39 Å². The summed E-state index contributed by atoms with van der Waals surface area (Å²) in [7, 11) is 0. The smallest absolute Gasteiger partial charge is 0.148 e. The highest BCUT2D eigenvalue weighted by atomic mass is 79.9. The van der Waals surface area contributed by atoms with Crippen LogP contribution in [-0.4, -0.2) is 5.11 Å².